The molecule has 0 bridgehead atoms. The van der Waals surface area contributed by atoms with Crippen LogP contribution in [-0.2, 0) is 14.8 Å². The van der Waals surface area contributed by atoms with Crippen molar-refractivity contribution in [1.29, 1.82) is 0 Å². The molecule has 0 spiro atoms. The SMILES string of the molecule is COc1ccc(OC)c2sc(N(CCCN3CCOCC3)C(=O)c3ccc(S(=O)(=O)N4CC(C)CC(C)C4)cc3)nc12. The molecule has 2 aromatic carbocycles. The Balaban J connectivity index is 1.42. The van der Waals surface area contributed by atoms with Crippen LogP contribution in [0.15, 0.2) is 41.3 Å². The molecule has 0 radical (unpaired) electrons. The number of benzene rings is 2. The van der Waals surface area contributed by atoms with Gasteiger partial charge in [0.05, 0.1) is 32.3 Å². The molecule has 5 rings (SSSR count). The number of amides is 1. The van der Waals surface area contributed by atoms with E-state index >= 15 is 0 Å². The van der Waals surface area contributed by atoms with Gasteiger partial charge in [0.15, 0.2) is 5.13 Å². The summed E-state index contributed by atoms with van der Waals surface area (Å²) in [6.07, 6.45) is 1.76. The maximum atomic E-state index is 14.0. The van der Waals surface area contributed by atoms with Gasteiger partial charge < -0.3 is 14.2 Å². The van der Waals surface area contributed by atoms with Crippen LogP contribution < -0.4 is 14.4 Å². The first-order chi connectivity index (χ1) is 20.2. The third-order valence-corrected chi connectivity index (χ3v) is 10.8. The Hall–Kier alpha value is -2.77. The Morgan fingerprint density at radius 1 is 1.02 bits per heavy atom. The van der Waals surface area contributed by atoms with Crippen molar-refractivity contribution in [1.82, 2.24) is 14.2 Å². The van der Waals surface area contributed by atoms with Gasteiger partial charge in [-0.25, -0.2) is 13.4 Å². The molecule has 0 aliphatic carbocycles. The van der Waals surface area contributed by atoms with Crippen molar-refractivity contribution in [2.75, 3.05) is 71.6 Å². The van der Waals surface area contributed by atoms with Crippen molar-refractivity contribution >= 4 is 42.6 Å². The molecule has 2 saturated heterocycles. The first-order valence-corrected chi connectivity index (χ1v) is 16.7. The quantitative estimate of drug-likeness (QED) is 0.332. The molecule has 42 heavy (non-hydrogen) atoms. The van der Waals surface area contributed by atoms with Crippen LogP contribution >= 0.6 is 11.3 Å². The first-order valence-electron chi connectivity index (χ1n) is 14.4. The van der Waals surface area contributed by atoms with Crippen LogP contribution in [0.25, 0.3) is 10.2 Å². The number of anilines is 1. The summed E-state index contributed by atoms with van der Waals surface area (Å²) in [5, 5.41) is 0.535. The molecule has 0 saturated carbocycles. The zero-order valence-electron chi connectivity index (χ0n) is 24.7. The predicted octanol–water partition coefficient (Wildman–Crippen LogP) is 4.35. The Bertz CT molecular complexity index is 1440. The van der Waals surface area contributed by atoms with E-state index in [1.54, 1.807) is 53.8 Å². The highest BCUT2D eigenvalue weighted by Gasteiger charge is 2.32. The van der Waals surface area contributed by atoms with Gasteiger partial charge in [-0.2, -0.15) is 4.31 Å². The third-order valence-electron chi connectivity index (χ3n) is 7.91. The zero-order valence-corrected chi connectivity index (χ0v) is 26.4. The van der Waals surface area contributed by atoms with Crippen LogP contribution in [0.4, 0.5) is 5.13 Å². The lowest BCUT2D eigenvalue weighted by atomic mass is 9.94. The number of rotatable bonds is 10. The highest BCUT2D eigenvalue weighted by molar-refractivity contribution is 7.89. The highest BCUT2D eigenvalue weighted by Crippen LogP contribution is 2.40. The molecule has 2 aliphatic rings. The van der Waals surface area contributed by atoms with Crippen LogP contribution in [-0.4, -0.2) is 95.2 Å². The first kappa shape index (κ1) is 30.7. The summed E-state index contributed by atoms with van der Waals surface area (Å²) in [5.41, 5.74) is 1.04. The monoisotopic (exact) mass is 616 g/mol. The van der Waals surface area contributed by atoms with Crippen molar-refractivity contribution in [2.24, 2.45) is 11.8 Å². The molecule has 10 nitrogen and oxygen atoms in total. The molecule has 228 valence electrons. The molecule has 2 unspecified atom stereocenters. The largest absolute Gasteiger partial charge is 0.495 e. The average molecular weight is 617 g/mol. The topological polar surface area (TPSA) is 102 Å². The number of hydrogen-bond donors (Lipinski definition) is 0. The van der Waals surface area contributed by atoms with Gasteiger partial charge in [-0.15, -0.1) is 0 Å². The summed E-state index contributed by atoms with van der Waals surface area (Å²) in [6.45, 7) is 9.63. The fraction of sp³-hybridized carbons (Fsp3) is 0.533. The number of carbonyl (C=O) groups is 1. The Kier molecular flexibility index (Phi) is 9.68. The molecular formula is C30H40N4O6S2. The molecule has 3 heterocycles. The molecule has 1 amide bonds. The number of methoxy groups -OCH3 is 2. The molecule has 0 N–H and O–H groups in total. The zero-order chi connectivity index (χ0) is 29.9. The summed E-state index contributed by atoms with van der Waals surface area (Å²) in [6, 6.07) is 9.94. The normalized spacial score (nSPS) is 20.5. The fourth-order valence-electron chi connectivity index (χ4n) is 5.83. The summed E-state index contributed by atoms with van der Waals surface area (Å²) >= 11 is 1.37. The van der Waals surface area contributed by atoms with Gasteiger partial charge in [0, 0.05) is 44.8 Å². The maximum Gasteiger partial charge on any atom is 0.260 e. The second kappa shape index (κ2) is 13.3. The minimum atomic E-state index is -3.65. The number of sulfonamides is 1. The van der Waals surface area contributed by atoms with Crippen LogP contribution in [0.1, 0.15) is 37.0 Å². The van der Waals surface area contributed by atoms with E-state index in [0.29, 0.717) is 72.4 Å². The van der Waals surface area contributed by atoms with Gasteiger partial charge in [-0.3, -0.25) is 14.6 Å². The molecule has 2 aliphatic heterocycles. The molecule has 2 fully saturated rings. The molecule has 1 aromatic heterocycles. The lowest BCUT2D eigenvalue weighted by Crippen LogP contribution is -2.42. The van der Waals surface area contributed by atoms with Gasteiger partial charge in [-0.1, -0.05) is 25.2 Å². The van der Waals surface area contributed by atoms with Crippen molar-refractivity contribution < 1.29 is 27.4 Å². The van der Waals surface area contributed by atoms with Crippen molar-refractivity contribution in [3.63, 3.8) is 0 Å². The summed E-state index contributed by atoms with van der Waals surface area (Å²) < 4.78 is 45.8. The van der Waals surface area contributed by atoms with E-state index < -0.39 is 10.0 Å². The number of thiazole rings is 1. The number of hydrogen-bond acceptors (Lipinski definition) is 9. The number of aromatic nitrogens is 1. The smallest absolute Gasteiger partial charge is 0.260 e. The van der Waals surface area contributed by atoms with Crippen molar-refractivity contribution in [3.05, 3.63) is 42.0 Å². The molecule has 2 atom stereocenters. The van der Waals surface area contributed by atoms with E-state index in [1.165, 1.54) is 11.3 Å². The molecular weight excluding hydrogens is 576 g/mol. The van der Waals surface area contributed by atoms with Gasteiger partial charge in [0.25, 0.3) is 5.91 Å². The summed E-state index contributed by atoms with van der Waals surface area (Å²) in [4.78, 5) is 23.0. The predicted molar refractivity (Wildman–Crippen MR) is 164 cm³/mol. The van der Waals surface area contributed by atoms with Crippen LogP contribution in [0, 0.1) is 11.8 Å². The molecule has 12 heteroatoms. The van der Waals surface area contributed by atoms with Gasteiger partial charge in [0.1, 0.15) is 21.7 Å². The summed E-state index contributed by atoms with van der Waals surface area (Å²) in [5.74, 6) is 1.64. The van der Waals surface area contributed by atoms with Crippen molar-refractivity contribution in [3.8, 4) is 11.5 Å². The standard InChI is InChI=1S/C30H40N4O6S2/c1-21-18-22(2)20-33(19-21)42(36,37)24-8-6-23(7-9-24)29(35)34(13-5-12-32-14-16-40-17-15-32)30-31-27-25(38-3)10-11-26(39-4)28(27)41-30/h6-11,21-22H,5,12-20H2,1-4H3. The maximum absolute atomic E-state index is 14.0. The Morgan fingerprint density at radius 2 is 1.67 bits per heavy atom. The van der Waals surface area contributed by atoms with Crippen LogP contribution in [0.3, 0.4) is 0 Å². The Labute approximate surface area is 252 Å². The van der Waals surface area contributed by atoms with E-state index in [9.17, 15) is 13.2 Å². The average Bonchev–Trinajstić information content (AvgIpc) is 3.44. The number of morpholine rings is 1. The van der Waals surface area contributed by atoms with E-state index in [0.717, 1.165) is 37.2 Å². The van der Waals surface area contributed by atoms with Gasteiger partial charge in [-0.05, 0) is 61.1 Å². The van der Waals surface area contributed by atoms with Crippen LogP contribution in [0.2, 0.25) is 0 Å². The lowest BCUT2D eigenvalue weighted by molar-refractivity contribution is 0.0376. The second-order valence-corrected chi connectivity index (χ2v) is 14.1. The van der Waals surface area contributed by atoms with E-state index in [2.05, 4.69) is 18.7 Å². The minimum Gasteiger partial charge on any atom is -0.495 e. The van der Waals surface area contributed by atoms with E-state index in [1.807, 2.05) is 6.07 Å². The second-order valence-electron chi connectivity index (χ2n) is 11.2. The number of piperidine rings is 1. The highest BCUT2D eigenvalue weighted by atomic mass is 32.2. The van der Waals surface area contributed by atoms with E-state index in [4.69, 9.17) is 19.2 Å². The summed E-state index contributed by atoms with van der Waals surface area (Å²) in [7, 11) is -0.454. The molecule has 3 aromatic rings. The van der Waals surface area contributed by atoms with Gasteiger partial charge >= 0.3 is 0 Å². The fourth-order valence-corrected chi connectivity index (χ4v) is 8.61. The van der Waals surface area contributed by atoms with Gasteiger partial charge in [0.2, 0.25) is 10.0 Å². The lowest BCUT2D eigenvalue weighted by Gasteiger charge is -2.34. The Morgan fingerprint density at radius 3 is 2.31 bits per heavy atom. The van der Waals surface area contributed by atoms with E-state index in [-0.39, 0.29) is 10.8 Å². The van der Waals surface area contributed by atoms with Crippen molar-refractivity contribution in [2.45, 2.75) is 31.6 Å². The number of carbonyl (C=O) groups excluding carboxylic acids is 1. The number of ether oxygens (including phenoxy) is 3. The van der Waals surface area contributed by atoms with Crippen LogP contribution in [0.5, 0.6) is 11.5 Å². The minimum absolute atomic E-state index is 0.202. The number of fused-ring (bicyclic) bond motifs is 1. The number of nitrogens with zero attached hydrogens (tertiary/aromatic N) is 4. The third kappa shape index (κ3) is 6.57.